The minimum atomic E-state index is -0.456. The number of nitrogens with zero attached hydrogens (tertiary/aromatic N) is 1. The summed E-state index contributed by atoms with van der Waals surface area (Å²) >= 11 is 12.0. The lowest BCUT2D eigenvalue weighted by Gasteiger charge is -2.05. The molecule has 0 atom stereocenters. The first kappa shape index (κ1) is 16.1. The highest BCUT2D eigenvalue weighted by Crippen LogP contribution is 2.27. The molecule has 0 spiro atoms. The molecule has 0 saturated carbocycles. The number of halogens is 2. The van der Waals surface area contributed by atoms with Crippen LogP contribution in [0.2, 0.25) is 10.0 Å². The Bertz CT molecular complexity index is 749. The van der Waals surface area contributed by atoms with E-state index in [1.165, 1.54) is 6.08 Å². The number of nitrogens with one attached hydrogen (secondary N) is 1. The highest BCUT2D eigenvalue weighted by atomic mass is 35.5. The normalized spacial score (nSPS) is 10.9. The van der Waals surface area contributed by atoms with Crippen LogP contribution in [0.5, 0.6) is 0 Å². The predicted molar refractivity (Wildman–Crippen MR) is 88.3 cm³/mol. The van der Waals surface area contributed by atoms with Gasteiger partial charge in [0.15, 0.2) is 0 Å². The van der Waals surface area contributed by atoms with E-state index in [1.807, 2.05) is 36.4 Å². The molecule has 0 fully saturated rings. The second kappa shape index (κ2) is 7.65. The van der Waals surface area contributed by atoms with Crippen molar-refractivity contribution in [1.29, 1.82) is 5.26 Å². The van der Waals surface area contributed by atoms with Gasteiger partial charge in [-0.2, -0.15) is 5.26 Å². The molecule has 110 valence electrons. The Labute approximate surface area is 138 Å². The van der Waals surface area contributed by atoms with Crippen LogP contribution in [-0.4, -0.2) is 5.91 Å². The van der Waals surface area contributed by atoms with Crippen LogP contribution in [-0.2, 0) is 11.3 Å². The van der Waals surface area contributed by atoms with Crippen molar-refractivity contribution in [3.8, 4) is 6.07 Å². The van der Waals surface area contributed by atoms with Crippen molar-refractivity contribution in [2.75, 3.05) is 0 Å². The highest BCUT2D eigenvalue weighted by molar-refractivity contribution is 6.43. The Balaban J connectivity index is 2.14. The molecule has 0 saturated heterocycles. The number of hydrogen-bond acceptors (Lipinski definition) is 2. The highest BCUT2D eigenvalue weighted by Gasteiger charge is 2.10. The Morgan fingerprint density at radius 2 is 1.86 bits per heavy atom. The van der Waals surface area contributed by atoms with Gasteiger partial charge in [0, 0.05) is 6.54 Å². The summed E-state index contributed by atoms with van der Waals surface area (Å²) in [5, 5.41) is 12.5. The number of nitriles is 1. The standard InChI is InChI=1S/C17H12Cl2N2O/c18-15-8-4-7-13(16(15)19)9-14(10-20)17(22)21-11-12-5-2-1-3-6-12/h1-9H,11H2,(H,21,22). The molecule has 0 radical (unpaired) electrons. The molecular weight excluding hydrogens is 319 g/mol. The third-order valence-electron chi connectivity index (χ3n) is 2.94. The quantitative estimate of drug-likeness (QED) is 0.674. The maximum Gasteiger partial charge on any atom is 0.262 e. The molecule has 22 heavy (non-hydrogen) atoms. The second-order valence-corrected chi connectivity index (χ2v) is 5.27. The first-order valence-electron chi connectivity index (χ1n) is 6.49. The van der Waals surface area contributed by atoms with E-state index in [1.54, 1.807) is 18.2 Å². The number of rotatable bonds is 4. The molecular formula is C17H12Cl2N2O. The fourth-order valence-electron chi connectivity index (χ4n) is 1.81. The van der Waals surface area contributed by atoms with E-state index < -0.39 is 5.91 Å². The van der Waals surface area contributed by atoms with Gasteiger partial charge in [-0.05, 0) is 23.3 Å². The van der Waals surface area contributed by atoms with Crippen LogP contribution in [0.15, 0.2) is 54.1 Å². The maximum atomic E-state index is 12.1. The van der Waals surface area contributed by atoms with Gasteiger partial charge in [-0.25, -0.2) is 0 Å². The van der Waals surface area contributed by atoms with Crippen molar-refractivity contribution < 1.29 is 4.79 Å². The number of amides is 1. The van der Waals surface area contributed by atoms with Gasteiger partial charge < -0.3 is 5.32 Å². The summed E-state index contributed by atoms with van der Waals surface area (Å²) in [6.45, 7) is 0.349. The monoisotopic (exact) mass is 330 g/mol. The van der Waals surface area contributed by atoms with Crippen molar-refractivity contribution in [3.05, 3.63) is 75.3 Å². The zero-order valence-electron chi connectivity index (χ0n) is 11.5. The molecule has 0 aliphatic rings. The zero-order valence-corrected chi connectivity index (χ0v) is 13.0. The molecule has 1 N–H and O–H groups in total. The fraction of sp³-hybridized carbons (Fsp3) is 0.0588. The van der Waals surface area contributed by atoms with E-state index in [9.17, 15) is 4.79 Å². The predicted octanol–water partition coefficient (Wildman–Crippen LogP) is 4.22. The molecule has 2 aromatic rings. The first-order chi connectivity index (χ1) is 10.6. The van der Waals surface area contributed by atoms with Gasteiger partial charge in [-0.3, -0.25) is 4.79 Å². The smallest absolute Gasteiger partial charge is 0.262 e. The summed E-state index contributed by atoms with van der Waals surface area (Å²) < 4.78 is 0. The van der Waals surface area contributed by atoms with E-state index in [-0.39, 0.29) is 5.57 Å². The van der Waals surface area contributed by atoms with Crippen molar-refractivity contribution in [2.24, 2.45) is 0 Å². The lowest BCUT2D eigenvalue weighted by molar-refractivity contribution is -0.117. The average Bonchev–Trinajstić information content (AvgIpc) is 2.55. The first-order valence-corrected chi connectivity index (χ1v) is 7.25. The van der Waals surface area contributed by atoms with E-state index >= 15 is 0 Å². The molecule has 5 heteroatoms. The van der Waals surface area contributed by atoms with Crippen molar-refractivity contribution in [1.82, 2.24) is 5.32 Å². The Kier molecular flexibility index (Phi) is 5.60. The van der Waals surface area contributed by atoms with Crippen LogP contribution in [0.1, 0.15) is 11.1 Å². The molecule has 1 amide bonds. The molecule has 0 aliphatic heterocycles. The van der Waals surface area contributed by atoms with E-state index in [4.69, 9.17) is 28.5 Å². The van der Waals surface area contributed by atoms with Gasteiger partial charge in [-0.1, -0.05) is 65.7 Å². The molecule has 0 aliphatic carbocycles. The topological polar surface area (TPSA) is 52.9 Å². The lowest BCUT2D eigenvalue weighted by Crippen LogP contribution is -2.23. The minimum Gasteiger partial charge on any atom is -0.347 e. The van der Waals surface area contributed by atoms with Gasteiger partial charge in [-0.15, -0.1) is 0 Å². The Hall–Kier alpha value is -2.28. The van der Waals surface area contributed by atoms with Gasteiger partial charge in [0.2, 0.25) is 0 Å². The zero-order chi connectivity index (χ0) is 15.9. The summed E-state index contributed by atoms with van der Waals surface area (Å²) in [5.41, 5.74) is 1.45. The van der Waals surface area contributed by atoms with Crippen LogP contribution in [0, 0.1) is 11.3 Å². The number of carbonyl (C=O) groups excluding carboxylic acids is 1. The average molecular weight is 331 g/mol. The van der Waals surface area contributed by atoms with Crippen LogP contribution < -0.4 is 5.32 Å². The SMILES string of the molecule is N#CC(=Cc1cccc(Cl)c1Cl)C(=O)NCc1ccccc1. The molecule has 0 heterocycles. The molecule has 0 unspecified atom stereocenters. The van der Waals surface area contributed by atoms with Crippen LogP contribution in [0.25, 0.3) is 6.08 Å². The number of carbonyl (C=O) groups is 1. The number of benzene rings is 2. The molecule has 3 nitrogen and oxygen atoms in total. The second-order valence-electron chi connectivity index (χ2n) is 4.48. The summed E-state index contributed by atoms with van der Waals surface area (Å²) in [6, 6.07) is 16.4. The van der Waals surface area contributed by atoms with Crippen LogP contribution in [0.3, 0.4) is 0 Å². The summed E-state index contributed by atoms with van der Waals surface area (Å²) in [7, 11) is 0. The van der Waals surface area contributed by atoms with Gasteiger partial charge in [0.25, 0.3) is 5.91 Å². The van der Waals surface area contributed by atoms with Crippen molar-refractivity contribution in [3.63, 3.8) is 0 Å². The Morgan fingerprint density at radius 3 is 2.55 bits per heavy atom. The van der Waals surface area contributed by atoms with Gasteiger partial charge in [0.1, 0.15) is 11.6 Å². The van der Waals surface area contributed by atoms with E-state index in [0.29, 0.717) is 22.2 Å². The summed E-state index contributed by atoms with van der Waals surface area (Å²) in [5.74, 6) is -0.456. The third-order valence-corrected chi connectivity index (χ3v) is 3.78. The summed E-state index contributed by atoms with van der Waals surface area (Å²) in [4.78, 5) is 12.1. The third kappa shape index (κ3) is 4.11. The van der Waals surface area contributed by atoms with Crippen molar-refractivity contribution in [2.45, 2.75) is 6.54 Å². The maximum absolute atomic E-state index is 12.1. The Morgan fingerprint density at radius 1 is 1.14 bits per heavy atom. The lowest BCUT2D eigenvalue weighted by atomic mass is 10.1. The molecule has 0 aromatic heterocycles. The fourth-order valence-corrected chi connectivity index (χ4v) is 2.17. The number of hydrogen-bond donors (Lipinski definition) is 1. The van der Waals surface area contributed by atoms with Crippen LogP contribution in [0.4, 0.5) is 0 Å². The van der Waals surface area contributed by atoms with Crippen molar-refractivity contribution >= 4 is 35.2 Å². The largest absolute Gasteiger partial charge is 0.347 e. The summed E-state index contributed by atoms with van der Waals surface area (Å²) in [6.07, 6.45) is 1.43. The molecule has 0 bridgehead atoms. The van der Waals surface area contributed by atoms with Gasteiger partial charge in [0.05, 0.1) is 10.0 Å². The van der Waals surface area contributed by atoms with Gasteiger partial charge >= 0.3 is 0 Å². The van der Waals surface area contributed by atoms with E-state index in [2.05, 4.69) is 5.32 Å². The molecule has 2 rings (SSSR count). The van der Waals surface area contributed by atoms with Crippen LogP contribution >= 0.6 is 23.2 Å². The minimum absolute atomic E-state index is 0.0277. The molecule has 2 aromatic carbocycles. The van der Waals surface area contributed by atoms with E-state index in [0.717, 1.165) is 5.56 Å².